The molecular formula is C26H32ClFN2O4. The monoisotopic (exact) mass is 490 g/mol. The summed E-state index contributed by atoms with van der Waals surface area (Å²) in [4.78, 5) is 14.8. The number of aliphatic carboxylic acids is 1. The van der Waals surface area contributed by atoms with Crippen molar-refractivity contribution >= 4 is 23.3 Å². The molecule has 1 fully saturated rings. The molecule has 6 nitrogen and oxygen atoms in total. The van der Waals surface area contributed by atoms with Gasteiger partial charge in [0.15, 0.2) is 0 Å². The van der Waals surface area contributed by atoms with Gasteiger partial charge in [0.1, 0.15) is 11.4 Å². The van der Waals surface area contributed by atoms with Gasteiger partial charge in [0.2, 0.25) is 0 Å². The summed E-state index contributed by atoms with van der Waals surface area (Å²) < 4.78 is 19.9. The number of benzene rings is 2. The number of anilines is 1. The van der Waals surface area contributed by atoms with E-state index in [9.17, 15) is 19.4 Å². The molecule has 4 rings (SSSR count). The highest BCUT2D eigenvalue weighted by atomic mass is 35.5. The van der Waals surface area contributed by atoms with E-state index < -0.39 is 17.0 Å². The van der Waals surface area contributed by atoms with Crippen molar-refractivity contribution in [2.45, 2.75) is 56.8 Å². The summed E-state index contributed by atoms with van der Waals surface area (Å²) >= 11 is 6.12. The highest BCUT2D eigenvalue weighted by molar-refractivity contribution is 6.30. The van der Waals surface area contributed by atoms with Crippen LogP contribution in [0.15, 0.2) is 36.4 Å². The van der Waals surface area contributed by atoms with Gasteiger partial charge in [0.05, 0.1) is 6.61 Å². The number of methoxy groups -OCH3 is 1. The second-order valence-electron chi connectivity index (χ2n) is 9.76. The highest BCUT2D eigenvalue weighted by Crippen LogP contribution is 2.52. The number of hydrogen-bond donors (Lipinski definition) is 3. The summed E-state index contributed by atoms with van der Waals surface area (Å²) in [5, 5.41) is 23.7. The van der Waals surface area contributed by atoms with Crippen molar-refractivity contribution < 1.29 is 24.1 Å². The number of fused-ring (bicyclic) bond motifs is 2. The van der Waals surface area contributed by atoms with Crippen LogP contribution in [0.4, 0.5) is 10.1 Å². The minimum absolute atomic E-state index is 0.0465. The van der Waals surface area contributed by atoms with E-state index in [1.54, 1.807) is 31.4 Å². The molecule has 1 heterocycles. The summed E-state index contributed by atoms with van der Waals surface area (Å²) in [6, 6.07) is 10.6. The molecule has 0 radical (unpaired) electrons. The number of carbonyl (C=O) groups is 1. The molecule has 2 aliphatic rings. The summed E-state index contributed by atoms with van der Waals surface area (Å²) in [5.41, 5.74) is 1.62. The van der Waals surface area contributed by atoms with Crippen LogP contribution in [0.3, 0.4) is 0 Å². The molecule has 0 aromatic heterocycles. The van der Waals surface area contributed by atoms with Crippen molar-refractivity contribution in [2.24, 2.45) is 5.92 Å². The van der Waals surface area contributed by atoms with Crippen LogP contribution in [0.2, 0.25) is 5.02 Å². The van der Waals surface area contributed by atoms with E-state index in [-0.39, 0.29) is 24.9 Å². The van der Waals surface area contributed by atoms with E-state index in [4.69, 9.17) is 16.3 Å². The van der Waals surface area contributed by atoms with Gasteiger partial charge in [-0.25, -0.2) is 9.18 Å². The van der Waals surface area contributed by atoms with Gasteiger partial charge in [0.25, 0.3) is 0 Å². The molecule has 1 aliphatic heterocycles. The van der Waals surface area contributed by atoms with E-state index in [0.29, 0.717) is 55.0 Å². The molecule has 0 bridgehead atoms. The Hall–Kier alpha value is -2.19. The number of ether oxygens (including phenoxy) is 1. The van der Waals surface area contributed by atoms with Gasteiger partial charge in [-0.15, -0.1) is 0 Å². The maximum atomic E-state index is 14.7. The van der Waals surface area contributed by atoms with E-state index in [2.05, 4.69) is 10.2 Å². The topological polar surface area (TPSA) is 82.0 Å². The van der Waals surface area contributed by atoms with E-state index in [0.717, 1.165) is 11.1 Å². The number of nitrogens with one attached hydrogen (secondary N) is 1. The molecule has 1 saturated carbocycles. The van der Waals surface area contributed by atoms with Crippen LogP contribution in [-0.2, 0) is 28.2 Å². The SMILES string of the molecule is COCc1cc2c(cc1F)CN(C[C@@H](C)CO)C21CCC(Nc2cccc(Cl)c2)(C(=O)O)CC1. The van der Waals surface area contributed by atoms with Gasteiger partial charge in [0, 0.05) is 48.6 Å². The number of aliphatic hydroxyl groups excluding tert-OH is 1. The number of rotatable bonds is 8. The van der Waals surface area contributed by atoms with Gasteiger partial charge in [-0.2, -0.15) is 0 Å². The Morgan fingerprint density at radius 1 is 1.26 bits per heavy atom. The summed E-state index contributed by atoms with van der Waals surface area (Å²) in [5.74, 6) is -1.13. The Kier molecular flexibility index (Phi) is 7.20. The normalized spacial score (nSPS) is 25.3. The van der Waals surface area contributed by atoms with Gasteiger partial charge in [-0.05, 0) is 73.1 Å². The lowest BCUT2D eigenvalue weighted by Gasteiger charge is -2.48. The van der Waals surface area contributed by atoms with Crippen molar-refractivity contribution in [2.75, 3.05) is 25.6 Å². The zero-order valence-corrected chi connectivity index (χ0v) is 20.4. The molecule has 8 heteroatoms. The summed E-state index contributed by atoms with van der Waals surface area (Å²) in [6.45, 7) is 3.44. The van der Waals surface area contributed by atoms with E-state index in [1.165, 1.54) is 0 Å². The third-order valence-electron chi connectivity index (χ3n) is 7.43. The number of carboxylic acid groups (broad SMARTS) is 1. The van der Waals surface area contributed by atoms with Crippen LogP contribution in [0, 0.1) is 11.7 Å². The van der Waals surface area contributed by atoms with Crippen LogP contribution < -0.4 is 5.32 Å². The molecule has 1 aliphatic carbocycles. The number of aliphatic hydroxyl groups is 1. The lowest BCUT2D eigenvalue weighted by molar-refractivity contribution is -0.145. The smallest absolute Gasteiger partial charge is 0.329 e. The van der Waals surface area contributed by atoms with Crippen molar-refractivity contribution in [3.63, 3.8) is 0 Å². The van der Waals surface area contributed by atoms with Crippen molar-refractivity contribution in [1.82, 2.24) is 4.90 Å². The Labute approximate surface area is 204 Å². The fourth-order valence-corrected chi connectivity index (χ4v) is 5.79. The third kappa shape index (κ3) is 4.54. The van der Waals surface area contributed by atoms with E-state index >= 15 is 0 Å². The first kappa shape index (κ1) is 24.9. The molecule has 2 aromatic carbocycles. The number of carboxylic acids is 1. The lowest BCUT2D eigenvalue weighted by Crippen LogP contribution is -2.55. The molecular weight excluding hydrogens is 459 g/mol. The average Bonchev–Trinajstić information content (AvgIpc) is 3.07. The first-order chi connectivity index (χ1) is 16.2. The van der Waals surface area contributed by atoms with Crippen molar-refractivity contribution in [3.05, 3.63) is 63.9 Å². The molecule has 3 N–H and O–H groups in total. The fraction of sp³-hybridized carbons (Fsp3) is 0.500. The lowest BCUT2D eigenvalue weighted by atomic mass is 9.68. The second-order valence-corrected chi connectivity index (χ2v) is 10.2. The zero-order chi connectivity index (χ0) is 24.5. The number of hydrogen-bond acceptors (Lipinski definition) is 5. The van der Waals surface area contributed by atoms with Crippen molar-refractivity contribution in [1.29, 1.82) is 0 Å². The Balaban J connectivity index is 1.69. The molecule has 34 heavy (non-hydrogen) atoms. The predicted octanol–water partition coefficient (Wildman–Crippen LogP) is 4.77. The second kappa shape index (κ2) is 9.82. The van der Waals surface area contributed by atoms with Crippen molar-refractivity contribution in [3.8, 4) is 0 Å². The Morgan fingerprint density at radius 2 is 2.00 bits per heavy atom. The first-order valence-corrected chi connectivity index (χ1v) is 12.0. The minimum atomic E-state index is -1.12. The molecule has 1 spiro atoms. The molecule has 2 aromatic rings. The standard InChI is InChI=1S/C26H32ClFN2O4/c1-17(15-31)13-30-14-18-11-23(28)19(16-34-2)10-22(18)26(30)8-6-25(7-9-26,24(32)33)29-21-5-3-4-20(27)12-21/h3-5,10-12,17,29,31H,6-9,13-16H2,1-2H3,(H,32,33)/t17-,25?,26?/m1/s1. The Morgan fingerprint density at radius 3 is 2.62 bits per heavy atom. The number of nitrogens with zero attached hydrogens (tertiary/aromatic N) is 1. The first-order valence-electron chi connectivity index (χ1n) is 11.7. The maximum Gasteiger partial charge on any atom is 0.329 e. The van der Waals surface area contributed by atoms with Gasteiger partial charge < -0.3 is 20.3 Å². The van der Waals surface area contributed by atoms with Gasteiger partial charge >= 0.3 is 5.97 Å². The predicted molar refractivity (Wildman–Crippen MR) is 129 cm³/mol. The minimum Gasteiger partial charge on any atom is -0.480 e. The van der Waals surface area contributed by atoms with Crippen LogP contribution >= 0.6 is 11.6 Å². The summed E-state index contributed by atoms with van der Waals surface area (Å²) in [7, 11) is 1.54. The molecule has 0 amide bonds. The van der Waals surface area contributed by atoms with E-state index in [1.807, 2.05) is 19.1 Å². The van der Waals surface area contributed by atoms with Gasteiger partial charge in [-0.1, -0.05) is 24.6 Å². The summed E-state index contributed by atoms with van der Waals surface area (Å²) in [6.07, 6.45) is 1.98. The van der Waals surface area contributed by atoms with Crippen LogP contribution in [0.5, 0.6) is 0 Å². The largest absolute Gasteiger partial charge is 0.480 e. The molecule has 184 valence electrons. The quantitative estimate of drug-likeness (QED) is 0.494. The highest BCUT2D eigenvalue weighted by Gasteiger charge is 2.53. The molecule has 0 unspecified atom stereocenters. The van der Waals surface area contributed by atoms with Crippen LogP contribution in [0.25, 0.3) is 0 Å². The third-order valence-corrected chi connectivity index (χ3v) is 7.67. The maximum absolute atomic E-state index is 14.7. The van der Waals surface area contributed by atoms with Crippen LogP contribution in [-0.4, -0.2) is 46.9 Å². The van der Waals surface area contributed by atoms with Crippen LogP contribution in [0.1, 0.15) is 49.3 Å². The van der Waals surface area contributed by atoms with Gasteiger partial charge in [-0.3, -0.25) is 4.90 Å². The number of halogens is 2. The zero-order valence-electron chi connectivity index (χ0n) is 19.6. The molecule has 0 saturated heterocycles. The Bertz CT molecular complexity index is 1060. The average molecular weight is 491 g/mol. The fourth-order valence-electron chi connectivity index (χ4n) is 5.60. The molecule has 1 atom stereocenters.